The molecule has 2 aromatic rings. The average molecular weight is 279 g/mol. The Labute approximate surface area is 113 Å². The molecule has 3 heterocycles. The first-order valence-electron chi connectivity index (χ1n) is 6.20. The van der Waals surface area contributed by atoms with E-state index in [9.17, 15) is 4.79 Å². The second kappa shape index (κ2) is 5.04. The van der Waals surface area contributed by atoms with Gasteiger partial charge in [0.1, 0.15) is 0 Å². The number of carbonyl (C=O) groups is 1. The van der Waals surface area contributed by atoms with E-state index in [1.807, 2.05) is 6.92 Å². The number of carbonyl (C=O) groups excluding carboxylic acids is 1. The van der Waals surface area contributed by atoms with Gasteiger partial charge in [-0.1, -0.05) is 16.6 Å². The molecule has 0 radical (unpaired) electrons. The Bertz CT molecular complexity index is 567. The Morgan fingerprint density at radius 2 is 2.53 bits per heavy atom. The summed E-state index contributed by atoms with van der Waals surface area (Å²) in [5.41, 5.74) is 0.385. The van der Waals surface area contributed by atoms with Crippen LogP contribution in [-0.4, -0.2) is 37.1 Å². The van der Waals surface area contributed by atoms with Gasteiger partial charge in [-0.05, 0) is 24.4 Å². The fourth-order valence-corrected chi connectivity index (χ4v) is 2.66. The van der Waals surface area contributed by atoms with Gasteiger partial charge in [0.15, 0.2) is 11.5 Å². The molecular weight excluding hydrogens is 266 g/mol. The predicted octanol–water partition coefficient (Wildman–Crippen LogP) is 1.46. The monoisotopic (exact) mass is 279 g/mol. The molecule has 100 valence electrons. The van der Waals surface area contributed by atoms with Gasteiger partial charge in [-0.25, -0.2) is 0 Å². The van der Waals surface area contributed by atoms with E-state index in [1.165, 1.54) is 11.5 Å². The van der Waals surface area contributed by atoms with Crippen LogP contribution in [0.15, 0.2) is 9.90 Å². The summed E-state index contributed by atoms with van der Waals surface area (Å²) in [6.45, 7) is 2.65. The number of nitrogens with zero attached hydrogens (tertiary/aromatic N) is 5. The molecule has 1 aliphatic heterocycles. The molecule has 0 spiro atoms. The quantitative estimate of drug-likeness (QED) is 0.845. The van der Waals surface area contributed by atoms with Gasteiger partial charge in [-0.2, -0.15) is 4.98 Å². The summed E-state index contributed by atoms with van der Waals surface area (Å²) < 4.78 is 8.84. The van der Waals surface area contributed by atoms with Crippen molar-refractivity contribution in [2.75, 3.05) is 6.54 Å². The normalized spacial score (nSPS) is 19.0. The highest BCUT2D eigenvalue weighted by atomic mass is 32.1. The largest absolute Gasteiger partial charge is 0.339 e. The van der Waals surface area contributed by atoms with Gasteiger partial charge in [0.25, 0.3) is 5.91 Å². The van der Waals surface area contributed by atoms with E-state index in [2.05, 4.69) is 19.7 Å². The SMILES string of the molecule is CCc1nc([C@H]2CCCN2C(=O)c2csnn2)no1. The standard InChI is InChI=1S/C11H13N5O2S/c1-2-9-12-10(14-18-9)8-4-3-5-16(8)11(17)7-6-19-15-13-7/h6,8H,2-5H2,1H3/t8-/m1/s1. The van der Waals surface area contributed by atoms with Crippen LogP contribution in [0.2, 0.25) is 0 Å². The number of aromatic nitrogens is 4. The molecule has 0 aliphatic carbocycles. The zero-order chi connectivity index (χ0) is 13.2. The van der Waals surface area contributed by atoms with Gasteiger partial charge in [0, 0.05) is 18.3 Å². The lowest BCUT2D eigenvalue weighted by molar-refractivity contribution is 0.0722. The van der Waals surface area contributed by atoms with Crippen LogP contribution in [0.5, 0.6) is 0 Å². The molecule has 1 aliphatic rings. The Hall–Kier alpha value is -1.83. The molecule has 19 heavy (non-hydrogen) atoms. The Morgan fingerprint density at radius 3 is 3.21 bits per heavy atom. The third-order valence-electron chi connectivity index (χ3n) is 3.18. The van der Waals surface area contributed by atoms with Gasteiger partial charge >= 0.3 is 0 Å². The Morgan fingerprint density at radius 1 is 1.63 bits per heavy atom. The van der Waals surface area contributed by atoms with E-state index in [-0.39, 0.29) is 11.9 Å². The van der Waals surface area contributed by atoms with Crippen molar-refractivity contribution >= 4 is 17.4 Å². The number of aryl methyl sites for hydroxylation is 1. The third-order valence-corrected chi connectivity index (χ3v) is 3.68. The first-order chi connectivity index (χ1) is 9.29. The lowest BCUT2D eigenvalue weighted by atomic mass is 10.2. The summed E-state index contributed by atoms with van der Waals surface area (Å²) in [4.78, 5) is 18.4. The summed E-state index contributed by atoms with van der Waals surface area (Å²) in [7, 11) is 0. The number of rotatable bonds is 3. The maximum Gasteiger partial charge on any atom is 0.275 e. The van der Waals surface area contributed by atoms with Crippen molar-refractivity contribution in [3.8, 4) is 0 Å². The van der Waals surface area contributed by atoms with Gasteiger partial charge in [-0.3, -0.25) is 4.79 Å². The topological polar surface area (TPSA) is 85.0 Å². The smallest absolute Gasteiger partial charge is 0.275 e. The molecule has 1 amide bonds. The van der Waals surface area contributed by atoms with Crippen molar-refractivity contribution in [3.63, 3.8) is 0 Å². The summed E-state index contributed by atoms with van der Waals surface area (Å²) in [5.74, 6) is 1.08. The molecule has 1 saturated heterocycles. The molecule has 3 rings (SSSR count). The highest BCUT2D eigenvalue weighted by Crippen LogP contribution is 2.31. The fourth-order valence-electron chi connectivity index (χ4n) is 2.23. The predicted molar refractivity (Wildman–Crippen MR) is 66.6 cm³/mol. The second-order valence-electron chi connectivity index (χ2n) is 4.35. The summed E-state index contributed by atoms with van der Waals surface area (Å²) in [6.07, 6.45) is 2.49. The summed E-state index contributed by atoms with van der Waals surface area (Å²) in [5, 5.41) is 9.45. The van der Waals surface area contributed by atoms with Crippen molar-refractivity contribution < 1.29 is 9.32 Å². The molecule has 7 nitrogen and oxygen atoms in total. The van der Waals surface area contributed by atoms with Crippen LogP contribution in [-0.2, 0) is 6.42 Å². The van der Waals surface area contributed by atoms with E-state index in [1.54, 1.807) is 10.3 Å². The van der Waals surface area contributed by atoms with Crippen LogP contribution in [0.3, 0.4) is 0 Å². The lowest BCUT2D eigenvalue weighted by Gasteiger charge is -2.20. The van der Waals surface area contributed by atoms with Gasteiger partial charge in [-0.15, -0.1) is 5.10 Å². The van der Waals surface area contributed by atoms with Crippen LogP contribution in [0.4, 0.5) is 0 Å². The molecule has 0 bridgehead atoms. The first-order valence-corrected chi connectivity index (χ1v) is 7.03. The minimum atomic E-state index is -0.113. The third kappa shape index (κ3) is 2.23. The maximum absolute atomic E-state index is 12.3. The van der Waals surface area contributed by atoms with Crippen molar-refractivity contribution in [2.45, 2.75) is 32.2 Å². The Balaban J connectivity index is 1.83. The summed E-state index contributed by atoms with van der Waals surface area (Å²) >= 11 is 1.17. The van der Waals surface area contributed by atoms with Gasteiger partial charge < -0.3 is 9.42 Å². The number of amides is 1. The van der Waals surface area contributed by atoms with Crippen molar-refractivity contribution in [1.29, 1.82) is 0 Å². The molecular formula is C11H13N5O2S. The van der Waals surface area contributed by atoms with Crippen molar-refractivity contribution in [1.82, 2.24) is 24.6 Å². The van der Waals surface area contributed by atoms with Crippen LogP contribution < -0.4 is 0 Å². The van der Waals surface area contributed by atoms with Crippen LogP contribution >= 0.6 is 11.5 Å². The Kier molecular flexibility index (Phi) is 3.24. The number of hydrogen-bond acceptors (Lipinski definition) is 7. The fraction of sp³-hybridized carbons (Fsp3) is 0.545. The highest BCUT2D eigenvalue weighted by molar-refractivity contribution is 7.03. The van der Waals surface area contributed by atoms with Crippen LogP contribution in [0.25, 0.3) is 0 Å². The van der Waals surface area contributed by atoms with E-state index < -0.39 is 0 Å². The van der Waals surface area contributed by atoms with Gasteiger partial charge in [0.05, 0.1) is 6.04 Å². The van der Waals surface area contributed by atoms with Crippen LogP contribution in [0, 0.1) is 0 Å². The zero-order valence-electron chi connectivity index (χ0n) is 10.4. The molecule has 1 fully saturated rings. The number of likely N-dealkylation sites (tertiary alicyclic amines) is 1. The molecule has 0 aromatic carbocycles. The van der Waals surface area contributed by atoms with Gasteiger partial charge in [0.2, 0.25) is 5.89 Å². The van der Waals surface area contributed by atoms with E-state index >= 15 is 0 Å². The average Bonchev–Trinajstić information content (AvgIpc) is 3.16. The molecule has 1 atom stereocenters. The maximum atomic E-state index is 12.3. The first kappa shape index (κ1) is 12.2. The van der Waals surface area contributed by atoms with E-state index in [4.69, 9.17) is 4.52 Å². The van der Waals surface area contributed by atoms with E-state index in [0.717, 1.165) is 12.8 Å². The zero-order valence-corrected chi connectivity index (χ0v) is 11.3. The molecule has 8 heteroatoms. The van der Waals surface area contributed by atoms with Crippen molar-refractivity contribution in [3.05, 3.63) is 22.8 Å². The molecule has 2 aromatic heterocycles. The lowest BCUT2D eigenvalue weighted by Crippen LogP contribution is -2.31. The van der Waals surface area contributed by atoms with Crippen LogP contribution in [0.1, 0.15) is 48.0 Å². The summed E-state index contributed by atoms with van der Waals surface area (Å²) in [6, 6.07) is -0.113. The van der Waals surface area contributed by atoms with Crippen molar-refractivity contribution in [2.24, 2.45) is 0 Å². The minimum absolute atomic E-state index is 0.112. The highest BCUT2D eigenvalue weighted by Gasteiger charge is 2.34. The molecule has 0 unspecified atom stereocenters. The molecule has 0 N–H and O–H groups in total. The second-order valence-corrected chi connectivity index (χ2v) is 4.96. The molecule has 0 saturated carbocycles. The number of hydrogen-bond donors (Lipinski definition) is 0. The minimum Gasteiger partial charge on any atom is -0.339 e. The van der Waals surface area contributed by atoms with E-state index in [0.29, 0.717) is 30.4 Å².